The van der Waals surface area contributed by atoms with Gasteiger partial charge in [-0.1, -0.05) is 47.6 Å². The summed E-state index contributed by atoms with van der Waals surface area (Å²) in [5, 5.41) is 6.83. The van der Waals surface area contributed by atoms with E-state index in [4.69, 9.17) is 4.84 Å². The van der Waals surface area contributed by atoms with Crippen LogP contribution in [0.3, 0.4) is 0 Å². The molecule has 25 heavy (non-hydrogen) atoms. The van der Waals surface area contributed by atoms with E-state index in [-0.39, 0.29) is 12.0 Å². The number of imidazole rings is 1. The molecule has 2 heterocycles. The highest BCUT2D eigenvalue weighted by Crippen LogP contribution is 2.27. The number of oxime groups is 1. The molecule has 1 aromatic heterocycles. The van der Waals surface area contributed by atoms with E-state index in [0.29, 0.717) is 24.6 Å². The van der Waals surface area contributed by atoms with Crippen molar-refractivity contribution in [3.8, 4) is 0 Å². The van der Waals surface area contributed by atoms with Gasteiger partial charge in [-0.2, -0.15) is 0 Å². The summed E-state index contributed by atoms with van der Waals surface area (Å²) in [4.78, 5) is 22.5. The zero-order valence-electron chi connectivity index (χ0n) is 13.8. The van der Waals surface area contributed by atoms with Gasteiger partial charge in [-0.15, -0.1) is 0 Å². The minimum absolute atomic E-state index is 0.216. The number of anilines is 1. The molecule has 0 saturated carbocycles. The van der Waals surface area contributed by atoms with Crippen molar-refractivity contribution < 1.29 is 9.63 Å². The monoisotopic (exact) mass is 334 g/mol. The van der Waals surface area contributed by atoms with Gasteiger partial charge in [0, 0.05) is 13.0 Å². The third-order valence-electron chi connectivity index (χ3n) is 4.30. The highest BCUT2D eigenvalue weighted by atomic mass is 16.6. The van der Waals surface area contributed by atoms with Crippen LogP contribution in [0.1, 0.15) is 25.0 Å². The highest BCUT2D eigenvalue weighted by molar-refractivity contribution is 6.43. The molecule has 1 unspecified atom stereocenters. The second-order valence-electron chi connectivity index (χ2n) is 5.87. The number of benzene rings is 2. The molecule has 0 spiro atoms. The van der Waals surface area contributed by atoms with Gasteiger partial charge in [-0.25, -0.2) is 4.98 Å². The first-order chi connectivity index (χ1) is 12.3. The van der Waals surface area contributed by atoms with E-state index in [1.807, 2.05) is 66.1 Å². The Balaban J connectivity index is 1.51. The lowest BCUT2D eigenvalue weighted by Crippen LogP contribution is -2.24. The third-order valence-corrected chi connectivity index (χ3v) is 4.30. The summed E-state index contributed by atoms with van der Waals surface area (Å²) in [5.74, 6) is 0.253. The summed E-state index contributed by atoms with van der Waals surface area (Å²) in [5.41, 5.74) is 3.23. The van der Waals surface area contributed by atoms with Crippen molar-refractivity contribution in [3.63, 3.8) is 0 Å². The molecule has 1 atom stereocenters. The van der Waals surface area contributed by atoms with Gasteiger partial charge in [-0.3, -0.25) is 10.1 Å². The average molecular weight is 334 g/mol. The molecule has 6 heteroatoms. The minimum atomic E-state index is -0.275. The number of para-hydroxylation sites is 2. The van der Waals surface area contributed by atoms with Crippen LogP contribution in [0.4, 0.5) is 5.95 Å². The maximum Gasteiger partial charge on any atom is 0.275 e. The number of amides is 1. The lowest BCUT2D eigenvalue weighted by atomic mass is 10.0. The van der Waals surface area contributed by atoms with E-state index in [0.717, 1.165) is 16.6 Å². The van der Waals surface area contributed by atoms with Gasteiger partial charge in [0.05, 0.1) is 11.0 Å². The van der Waals surface area contributed by atoms with Crippen molar-refractivity contribution >= 4 is 28.6 Å². The molecular weight excluding hydrogens is 316 g/mol. The second kappa shape index (κ2) is 6.39. The summed E-state index contributed by atoms with van der Waals surface area (Å²) in [6, 6.07) is 17.6. The molecule has 0 fully saturated rings. The molecule has 0 saturated heterocycles. The molecule has 1 aliphatic heterocycles. The van der Waals surface area contributed by atoms with Crippen LogP contribution >= 0.6 is 0 Å². The van der Waals surface area contributed by atoms with E-state index in [2.05, 4.69) is 15.5 Å². The number of nitrogens with zero attached hydrogens (tertiary/aromatic N) is 3. The molecular formula is C19H18N4O2. The smallest absolute Gasteiger partial charge is 0.275 e. The summed E-state index contributed by atoms with van der Waals surface area (Å²) in [7, 11) is 0. The quantitative estimate of drug-likeness (QED) is 0.794. The fourth-order valence-electron chi connectivity index (χ4n) is 3.02. The summed E-state index contributed by atoms with van der Waals surface area (Å²) in [6.07, 6.45) is 0.231. The lowest BCUT2D eigenvalue weighted by Gasteiger charge is -2.08. The van der Waals surface area contributed by atoms with Crippen molar-refractivity contribution in [1.82, 2.24) is 9.55 Å². The van der Waals surface area contributed by atoms with Gasteiger partial charge in [0.15, 0.2) is 6.10 Å². The Morgan fingerprint density at radius 1 is 1.20 bits per heavy atom. The van der Waals surface area contributed by atoms with E-state index in [9.17, 15) is 4.79 Å². The first kappa shape index (κ1) is 15.4. The maximum absolute atomic E-state index is 12.6. The van der Waals surface area contributed by atoms with Crippen molar-refractivity contribution in [2.24, 2.45) is 5.16 Å². The Morgan fingerprint density at radius 3 is 2.76 bits per heavy atom. The summed E-state index contributed by atoms with van der Waals surface area (Å²) in [6.45, 7) is 2.73. The number of carbonyl (C=O) groups excluding carboxylic acids is 1. The number of aromatic nitrogens is 2. The fourth-order valence-corrected chi connectivity index (χ4v) is 3.02. The van der Waals surface area contributed by atoms with Crippen LogP contribution in [0.5, 0.6) is 0 Å². The van der Waals surface area contributed by atoms with Gasteiger partial charge in [0.25, 0.3) is 5.91 Å². The Bertz CT molecular complexity index is 946. The van der Waals surface area contributed by atoms with Crippen LogP contribution in [-0.2, 0) is 16.2 Å². The van der Waals surface area contributed by atoms with Gasteiger partial charge >= 0.3 is 0 Å². The maximum atomic E-state index is 12.6. The molecule has 126 valence electrons. The summed E-state index contributed by atoms with van der Waals surface area (Å²) >= 11 is 0. The number of hydrogen-bond acceptors (Lipinski definition) is 4. The third kappa shape index (κ3) is 2.87. The Kier molecular flexibility index (Phi) is 3.93. The van der Waals surface area contributed by atoms with Gasteiger partial charge < -0.3 is 9.40 Å². The van der Waals surface area contributed by atoms with Gasteiger partial charge in [-0.05, 0) is 24.6 Å². The van der Waals surface area contributed by atoms with Crippen LogP contribution in [0.2, 0.25) is 0 Å². The SMILES string of the molecule is CCn1c(NC(=O)C2=NOC(c3ccccc3)C2)nc2ccccc21. The normalized spacial score (nSPS) is 16.5. The predicted octanol–water partition coefficient (Wildman–Crippen LogP) is 3.51. The Morgan fingerprint density at radius 2 is 1.96 bits per heavy atom. The standard InChI is InChI=1S/C19H18N4O2/c1-2-23-16-11-7-6-10-14(16)20-19(23)21-18(24)15-12-17(25-22-15)13-8-4-3-5-9-13/h3-11,17H,2,12H2,1H3,(H,20,21,24). The van der Waals surface area contributed by atoms with Crippen LogP contribution in [0.15, 0.2) is 59.8 Å². The van der Waals surface area contributed by atoms with Crippen LogP contribution in [0, 0.1) is 0 Å². The predicted molar refractivity (Wildman–Crippen MR) is 96.4 cm³/mol. The number of hydrogen-bond donors (Lipinski definition) is 1. The van der Waals surface area contributed by atoms with Crippen molar-refractivity contribution in [3.05, 3.63) is 60.2 Å². The van der Waals surface area contributed by atoms with Crippen molar-refractivity contribution in [2.75, 3.05) is 5.32 Å². The molecule has 1 amide bonds. The first-order valence-corrected chi connectivity index (χ1v) is 8.30. The molecule has 1 N–H and O–H groups in total. The number of aryl methyl sites for hydroxylation is 1. The first-order valence-electron chi connectivity index (χ1n) is 8.30. The zero-order chi connectivity index (χ0) is 17.2. The number of carbonyl (C=O) groups is 1. The van der Waals surface area contributed by atoms with Crippen LogP contribution in [0.25, 0.3) is 11.0 Å². The van der Waals surface area contributed by atoms with Crippen molar-refractivity contribution in [2.45, 2.75) is 26.0 Å². The van der Waals surface area contributed by atoms with Gasteiger partial charge in [0.1, 0.15) is 5.71 Å². The number of rotatable bonds is 4. The molecule has 1 aliphatic rings. The Labute approximate surface area is 145 Å². The van der Waals surface area contributed by atoms with E-state index < -0.39 is 0 Å². The summed E-state index contributed by atoms with van der Waals surface area (Å²) < 4.78 is 1.97. The largest absolute Gasteiger partial charge is 0.387 e. The second-order valence-corrected chi connectivity index (χ2v) is 5.87. The molecule has 6 nitrogen and oxygen atoms in total. The van der Waals surface area contributed by atoms with Crippen LogP contribution in [-0.4, -0.2) is 21.2 Å². The molecule has 4 rings (SSSR count). The molecule has 0 bridgehead atoms. The fraction of sp³-hybridized carbons (Fsp3) is 0.211. The molecule has 3 aromatic rings. The van der Waals surface area contributed by atoms with E-state index in [1.165, 1.54) is 0 Å². The average Bonchev–Trinajstić information content (AvgIpc) is 3.27. The van der Waals surface area contributed by atoms with E-state index >= 15 is 0 Å². The number of fused-ring (bicyclic) bond motifs is 1. The highest BCUT2D eigenvalue weighted by Gasteiger charge is 2.28. The molecule has 0 aliphatic carbocycles. The number of nitrogens with one attached hydrogen (secondary N) is 1. The molecule has 2 aromatic carbocycles. The van der Waals surface area contributed by atoms with Gasteiger partial charge in [0.2, 0.25) is 5.95 Å². The lowest BCUT2D eigenvalue weighted by molar-refractivity contribution is -0.110. The Hall–Kier alpha value is -3.15. The van der Waals surface area contributed by atoms with E-state index in [1.54, 1.807) is 0 Å². The zero-order valence-corrected chi connectivity index (χ0v) is 13.8. The minimum Gasteiger partial charge on any atom is -0.387 e. The molecule has 0 radical (unpaired) electrons. The topological polar surface area (TPSA) is 68.5 Å². The van der Waals surface area contributed by atoms with Crippen molar-refractivity contribution in [1.29, 1.82) is 0 Å². The van der Waals surface area contributed by atoms with Crippen LogP contribution < -0.4 is 5.32 Å².